The maximum atomic E-state index is 14.2. The minimum Gasteiger partial charge on any atom is -0.393 e. The van der Waals surface area contributed by atoms with Gasteiger partial charge >= 0.3 is 0 Å². The van der Waals surface area contributed by atoms with Crippen molar-refractivity contribution in [3.8, 4) is 0 Å². The molecule has 1 atom stereocenters. The molecule has 2 aromatic rings. The summed E-state index contributed by atoms with van der Waals surface area (Å²) in [6.45, 7) is 1.70. The van der Waals surface area contributed by atoms with Gasteiger partial charge in [-0.15, -0.1) is 0 Å². The maximum absolute atomic E-state index is 14.2. The molecule has 0 aliphatic rings. The lowest BCUT2D eigenvalue weighted by atomic mass is 10.1. The third-order valence-corrected chi connectivity index (χ3v) is 3.92. The van der Waals surface area contributed by atoms with Gasteiger partial charge in [0.2, 0.25) is 0 Å². The molecule has 0 spiro atoms. The number of para-hydroxylation sites is 1. The lowest BCUT2D eigenvalue weighted by molar-refractivity contribution is 0.0187. The van der Waals surface area contributed by atoms with E-state index in [1.165, 1.54) is 24.3 Å². The molecule has 0 bridgehead atoms. The van der Waals surface area contributed by atoms with Crippen molar-refractivity contribution < 1.29 is 23.5 Å². The first-order valence-electron chi connectivity index (χ1n) is 7.49. The zero-order valence-electron chi connectivity index (χ0n) is 13.4. The van der Waals surface area contributed by atoms with Gasteiger partial charge in [0.05, 0.1) is 29.6 Å². The third kappa shape index (κ3) is 5.62. The summed E-state index contributed by atoms with van der Waals surface area (Å²) in [5.74, 6) is -1.94. The third-order valence-electron chi connectivity index (χ3n) is 3.25. The molecule has 8 heteroatoms. The molecular weight excluding hydrogens is 445 g/mol. The fourth-order valence-corrected chi connectivity index (χ4v) is 2.42. The van der Waals surface area contributed by atoms with Gasteiger partial charge in [0.25, 0.3) is 5.91 Å². The summed E-state index contributed by atoms with van der Waals surface area (Å²) in [4.78, 5) is 17.2. The second-order valence-corrected chi connectivity index (χ2v) is 6.57. The Bertz CT molecular complexity index is 757. The maximum Gasteiger partial charge on any atom is 0.277 e. The van der Waals surface area contributed by atoms with E-state index in [0.29, 0.717) is 9.99 Å². The molecule has 1 amide bonds. The van der Waals surface area contributed by atoms with Crippen LogP contribution in [0.4, 0.5) is 20.2 Å². The first kappa shape index (κ1) is 19.5. The normalized spacial score (nSPS) is 11.9. The van der Waals surface area contributed by atoms with Crippen molar-refractivity contribution in [1.82, 2.24) is 5.48 Å². The van der Waals surface area contributed by atoms with Gasteiger partial charge in [-0.3, -0.25) is 9.63 Å². The van der Waals surface area contributed by atoms with E-state index in [-0.39, 0.29) is 23.5 Å². The summed E-state index contributed by atoms with van der Waals surface area (Å²) in [6.07, 6.45) is -0.227. The highest BCUT2D eigenvalue weighted by Crippen LogP contribution is 2.27. The van der Waals surface area contributed by atoms with Crippen molar-refractivity contribution in [1.29, 1.82) is 0 Å². The van der Waals surface area contributed by atoms with E-state index in [4.69, 9.17) is 9.94 Å². The van der Waals surface area contributed by atoms with Gasteiger partial charge in [-0.25, -0.2) is 14.3 Å². The van der Waals surface area contributed by atoms with E-state index >= 15 is 0 Å². The molecule has 5 nitrogen and oxygen atoms in total. The minimum atomic E-state index is -0.699. The fraction of sp³-hybridized carbons (Fsp3) is 0.235. The highest BCUT2D eigenvalue weighted by atomic mass is 127. The van der Waals surface area contributed by atoms with Gasteiger partial charge in [0.1, 0.15) is 11.6 Å². The van der Waals surface area contributed by atoms with Crippen molar-refractivity contribution in [2.75, 3.05) is 11.9 Å². The summed E-state index contributed by atoms with van der Waals surface area (Å²) in [5.41, 5.74) is 2.04. The number of rotatable bonds is 7. The van der Waals surface area contributed by atoms with Gasteiger partial charge in [-0.05, 0) is 66.3 Å². The quantitative estimate of drug-likeness (QED) is 0.333. The number of aliphatic hydroxyl groups is 1. The first-order chi connectivity index (χ1) is 11.9. The molecule has 0 saturated carbocycles. The number of nitrogens with one attached hydrogen (secondary N) is 2. The van der Waals surface area contributed by atoms with Gasteiger partial charge in [-0.1, -0.05) is 6.07 Å². The molecule has 0 aliphatic carbocycles. The van der Waals surface area contributed by atoms with Crippen LogP contribution in [0.3, 0.4) is 0 Å². The van der Waals surface area contributed by atoms with Gasteiger partial charge < -0.3 is 10.4 Å². The molecule has 0 radical (unpaired) electrons. The monoisotopic (exact) mass is 462 g/mol. The second-order valence-electron chi connectivity index (χ2n) is 5.33. The summed E-state index contributed by atoms with van der Waals surface area (Å²) >= 11 is 1.96. The Labute approximate surface area is 157 Å². The van der Waals surface area contributed by atoms with Crippen LogP contribution in [0.2, 0.25) is 0 Å². The summed E-state index contributed by atoms with van der Waals surface area (Å²) < 4.78 is 28.8. The number of hydrogen-bond donors (Lipinski definition) is 3. The van der Waals surface area contributed by atoms with E-state index in [2.05, 4.69) is 10.8 Å². The van der Waals surface area contributed by atoms with Crippen LogP contribution in [0.5, 0.6) is 0 Å². The molecule has 25 heavy (non-hydrogen) atoms. The Kier molecular flexibility index (Phi) is 7.09. The average Bonchev–Trinajstić information content (AvgIpc) is 2.55. The minimum absolute atomic E-state index is 0.0324. The molecular formula is C17H17F2IN2O3. The predicted molar refractivity (Wildman–Crippen MR) is 98.5 cm³/mol. The van der Waals surface area contributed by atoms with Crippen molar-refractivity contribution in [2.45, 2.75) is 19.4 Å². The number of aliphatic hydroxyl groups excluding tert-OH is 1. The van der Waals surface area contributed by atoms with Crippen LogP contribution >= 0.6 is 22.6 Å². The Hall–Kier alpha value is -1.78. The summed E-state index contributed by atoms with van der Waals surface area (Å²) in [7, 11) is 0. The summed E-state index contributed by atoms with van der Waals surface area (Å²) in [6, 6.07) is 8.34. The first-order valence-corrected chi connectivity index (χ1v) is 8.57. The van der Waals surface area contributed by atoms with E-state index in [1.54, 1.807) is 13.0 Å². The molecule has 2 aromatic carbocycles. The van der Waals surface area contributed by atoms with E-state index in [0.717, 1.165) is 6.07 Å². The van der Waals surface area contributed by atoms with Gasteiger partial charge in [0, 0.05) is 3.57 Å². The highest BCUT2D eigenvalue weighted by Gasteiger charge is 2.17. The van der Waals surface area contributed by atoms with Crippen LogP contribution in [0.1, 0.15) is 23.7 Å². The van der Waals surface area contributed by atoms with Crippen molar-refractivity contribution in [2.24, 2.45) is 0 Å². The average molecular weight is 462 g/mol. The topological polar surface area (TPSA) is 70.6 Å². The molecule has 0 aromatic heterocycles. The molecule has 0 saturated heterocycles. The van der Waals surface area contributed by atoms with Crippen LogP contribution in [0.25, 0.3) is 0 Å². The molecule has 134 valence electrons. The second kappa shape index (κ2) is 9.07. The van der Waals surface area contributed by atoms with Crippen LogP contribution in [0, 0.1) is 15.2 Å². The van der Waals surface area contributed by atoms with Crippen LogP contribution < -0.4 is 10.8 Å². The Morgan fingerprint density at radius 3 is 2.72 bits per heavy atom. The molecule has 1 unspecified atom stereocenters. The van der Waals surface area contributed by atoms with E-state index in [9.17, 15) is 13.6 Å². The van der Waals surface area contributed by atoms with Crippen molar-refractivity contribution in [3.05, 3.63) is 57.2 Å². The van der Waals surface area contributed by atoms with Crippen LogP contribution in [0.15, 0.2) is 36.4 Å². The molecule has 3 N–H and O–H groups in total. The van der Waals surface area contributed by atoms with Crippen LogP contribution in [-0.4, -0.2) is 23.7 Å². The standard InChI is InChI=1S/C17H17F2IN2O3/c1-10(23)7-8-25-22-17(24)12-3-2-4-13(18)16(12)21-15-6-5-11(20)9-14(15)19/h2-6,9-10,21,23H,7-8H2,1H3,(H,22,24). The van der Waals surface area contributed by atoms with E-state index in [1.807, 2.05) is 22.6 Å². The largest absolute Gasteiger partial charge is 0.393 e. The predicted octanol–water partition coefficient (Wildman–Crippen LogP) is 3.75. The number of anilines is 2. The number of amides is 1. The molecule has 2 rings (SSSR count). The number of carbonyl (C=O) groups excluding carboxylic acids is 1. The fourth-order valence-electron chi connectivity index (χ4n) is 1.97. The number of hydrogen-bond acceptors (Lipinski definition) is 4. The summed E-state index contributed by atoms with van der Waals surface area (Å²) in [5, 5.41) is 11.8. The highest BCUT2D eigenvalue weighted by molar-refractivity contribution is 14.1. The lowest BCUT2D eigenvalue weighted by Crippen LogP contribution is -2.26. The lowest BCUT2D eigenvalue weighted by Gasteiger charge is -2.14. The number of halogens is 3. The zero-order chi connectivity index (χ0) is 18.4. The van der Waals surface area contributed by atoms with Crippen molar-refractivity contribution in [3.63, 3.8) is 0 Å². The van der Waals surface area contributed by atoms with E-state index < -0.39 is 23.6 Å². The van der Waals surface area contributed by atoms with Crippen LogP contribution in [-0.2, 0) is 4.84 Å². The van der Waals surface area contributed by atoms with Gasteiger partial charge in [-0.2, -0.15) is 0 Å². The molecule has 0 heterocycles. The van der Waals surface area contributed by atoms with Gasteiger partial charge in [0.15, 0.2) is 0 Å². The smallest absolute Gasteiger partial charge is 0.277 e. The van der Waals surface area contributed by atoms with Crippen molar-refractivity contribution >= 4 is 39.9 Å². The molecule has 0 fully saturated rings. The molecule has 0 aliphatic heterocycles. The number of carbonyl (C=O) groups is 1. The number of benzene rings is 2. The SMILES string of the molecule is CC(O)CCONC(=O)c1cccc(F)c1Nc1ccc(I)cc1F. The Morgan fingerprint density at radius 1 is 1.28 bits per heavy atom. The number of hydroxylamine groups is 1. The zero-order valence-corrected chi connectivity index (χ0v) is 15.5. The Morgan fingerprint density at radius 2 is 2.04 bits per heavy atom. The Balaban J connectivity index is 2.17.